The number of nitrogens with zero attached hydrogens (tertiary/aromatic N) is 2. The molecule has 0 saturated heterocycles. The average Bonchev–Trinajstić information content (AvgIpc) is 2.98. The van der Waals surface area contributed by atoms with Crippen LogP contribution in [0.2, 0.25) is 5.02 Å². The second-order valence-corrected chi connectivity index (χ2v) is 6.10. The number of hydrogen-bond donors (Lipinski definition) is 0. The molecule has 1 aromatic heterocycles. The Morgan fingerprint density at radius 1 is 1.17 bits per heavy atom. The largest absolute Gasteiger partial charge is 0.489 e. The highest BCUT2D eigenvalue weighted by Gasteiger charge is 2.14. The van der Waals surface area contributed by atoms with Gasteiger partial charge in [-0.2, -0.15) is 4.98 Å². The van der Waals surface area contributed by atoms with Crippen molar-refractivity contribution in [3.05, 3.63) is 52.8 Å². The predicted octanol–water partition coefficient (Wildman–Crippen LogP) is 5.29. The molecule has 0 N–H and O–H groups in total. The molecule has 0 aliphatic carbocycles. The molecular formula is C18H16ClFN2O2. The van der Waals surface area contributed by atoms with Gasteiger partial charge in [0.05, 0.1) is 11.1 Å². The Kier molecular flexibility index (Phi) is 4.53. The highest BCUT2D eigenvalue weighted by molar-refractivity contribution is 6.32. The molecule has 6 heteroatoms. The highest BCUT2D eigenvalue weighted by Crippen LogP contribution is 2.31. The van der Waals surface area contributed by atoms with Crippen LogP contribution in [0.15, 0.2) is 40.9 Å². The molecule has 0 aliphatic heterocycles. The molecule has 0 spiro atoms. The molecule has 0 atom stereocenters. The fraction of sp³-hybridized carbons (Fsp3) is 0.222. The summed E-state index contributed by atoms with van der Waals surface area (Å²) in [4.78, 5) is 4.37. The van der Waals surface area contributed by atoms with Crippen molar-refractivity contribution in [2.75, 3.05) is 0 Å². The van der Waals surface area contributed by atoms with Gasteiger partial charge in [0.15, 0.2) is 0 Å². The molecule has 3 rings (SSSR count). The summed E-state index contributed by atoms with van der Waals surface area (Å²) in [5, 5.41) is 4.46. The molecule has 0 saturated carbocycles. The van der Waals surface area contributed by atoms with E-state index in [9.17, 15) is 4.39 Å². The lowest BCUT2D eigenvalue weighted by atomic mass is 10.1. The van der Waals surface area contributed by atoms with E-state index in [0.717, 1.165) is 5.56 Å². The van der Waals surface area contributed by atoms with Crippen molar-refractivity contribution in [3.8, 4) is 28.6 Å². The van der Waals surface area contributed by atoms with E-state index in [4.69, 9.17) is 20.9 Å². The van der Waals surface area contributed by atoms with Crippen molar-refractivity contribution >= 4 is 11.6 Å². The molecule has 24 heavy (non-hydrogen) atoms. The Hall–Kier alpha value is -2.40. The number of rotatable bonds is 4. The molecule has 2 aromatic carbocycles. The maximum atomic E-state index is 13.2. The minimum absolute atomic E-state index is 0.0339. The number of halogens is 2. The molecule has 4 nitrogen and oxygen atoms in total. The Labute approximate surface area is 144 Å². The lowest BCUT2D eigenvalue weighted by Crippen LogP contribution is -2.05. The fourth-order valence-corrected chi connectivity index (χ4v) is 2.53. The zero-order valence-electron chi connectivity index (χ0n) is 13.5. The lowest BCUT2D eigenvalue weighted by Gasteiger charge is -2.11. The Bertz CT molecular complexity index is 877. The maximum Gasteiger partial charge on any atom is 0.258 e. The lowest BCUT2D eigenvalue weighted by molar-refractivity contribution is 0.242. The van der Waals surface area contributed by atoms with Crippen LogP contribution in [0.3, 0.4) is 0 Å². The summed E-state index contributed by atoms with van der Waals surface area (Å²) in [7, 11) is 0. The van der Waals surface area contributed by atoms with Crippen LogP contribution in [0, 0.1) is 12.7 Å². The number of hydrogen-bond acceptors (Lipinski definition) is 4. The summed E-state index contributed by atoms with van der Waals surface area (Å²) < 4.78 is 24.1. The number of aromatic nitrogens is 2. The van der Waals surface area contributed by atoms with Crippen LogP contribution >= 0.6 is 11.6 Å². The Morgan fingerprint density at radius 2 is 1.96 bits per heavy atom. The van der Waals surface area contributed by atoms with Crippen molar-refractivity contribution in [1.29, 1.82) is 0 Å². The van der Waals surface area contributed by atoms with Crippen LogP contribution in [-0.4, -0.2) is 16.2 Å². The standard InChI is InChI=1S/C18H16ClFN2O2/c1-10(2)23-16-7-4-12(9-15(16)19)17-21-18(24-22-17)14-6-5-13(20)8-11(14)3/h4-10H,1-3H3. The number of ether oxygens (including phenoxy) is 1. The monoisotopic (exact) mass is 346 g/mol. The van der Waals surface area contributed by atoms with Gasteiger partial charge in [-0.25, -0.2) is 4.39 Å². The fourth-order valence-electron chi connectivity index (χ4n) is 2.31. The number of aryl methyl sites for hydroxylation is 1. The van der Waals surface area contributed by atoms with Crippen LogP contribution in [0.25, 0.3) is 22.8 Å². The van der Waals surface area contributed by atoms with Gasteiger partial charge < -0.3 is 9.26 Å². The third-order valence-corrected chi connectivity index (χ3v) is 3.69. The summed E-state index contributed by atoms with van der Waals surface area (Å²) >= 11 is 6.24. The first-order valence-corrected chi connectivity index (χ1v) is 7.88. The van der Waals surface area contributed by atoms with Gasteiger partial charge in [0, 0.05) is 11.1 Å². The third-order valence-electron chi connectivity index (χ3n) is 3.40. The van der Waals surface area contributed by atoms with E-state index >= 15 is 0 Å². The first-order valence-electron chi connectivity index (χ1n) is 7.51. The summed E-state index contributed by atoms with van der Waals surface area (Å²) in [5.41, 5.74) is 2.13. The minimum atomic E-state index is -0.302. The van der Waals surface area contributed by atoms with E-state index in [1.807, 2.05) is 19.9 Å². The summed E-state index contributed by atoms with van der Waals surface area (Å²) in [6.45, 7) is 5.65. The van der Waals surface area contributed by atoms with Gasteiger partial charge in [-0.3, -0.25) is 0 Å². The molecule has 124 valence electrons. The van der Waals surface area contributed by atoms with Crippen LogP contribution in [-0.2, 0) is 0 Å². The topological polar surface area (TPSA) is 48.2 Å². The smallest absolute Gasteiger partial charge is 0.258 e. The van der Waals surface area contributed by atoms with Crippen LogP contribution < -0.4 is 4.74 Å². The molecule has 0 radical (unpaired) electrons. The Morgan fingerprint density at radius 3 is 2.62 bits per heavy atom. The van der Waals surface area contributed by atoms with E-state index < -0.39 is 0 Å². The summed E-state index contributed by atoms with van der Waals surface area (Å²) in [6, 6.07) is 9.72. The molecule has 0 aliphatic rings. The van der Waals surface area contributed by atoms with Gasteiger partial charge in [-0.05, 0) is 62.7 Å². The quantitative estimate of drug-likeness (QED) is 0.643. The molecule has 1 heterocycles. The summed E-state index contributed by atoms with van der Waals surface area (Å²) in [5.74, 6) is 1.05. The first kappa shape index (κ1) is 16.5. The van der Waals surface area contributed by atoms with Gasteiger partial charge in [-0.15, -0.1) is 0 Å². The predicted molar refractivity (Wildman–Crippen MR) is 90.6 cm³/mol. The van der Waals surface area contributed by atoms with Gasteiger partial charge in [0.2, 0.25) is 5.82 Å². The van der Waals surface area contributed by atoms with E-state index in [-0.39, 0.29) is 11.9 Å². The molecule has 0 bridgehead atoms. The van der Waals surface area contributed by atoms with E-state index in [2.05, 4.69) is 10.1 Å². The van der Waals surface area contributed by atoms with Crippen molar-refractivity contribution in [2.45, 2.75) is 26.9 Å². The average molecular weight is 347 g/mol. The van der Waals surface area contributed by atoms with Crippen molar-refractivity contribution in [1.82, 2.24) is 10.1 Å². The molecule has 0 unspecified atom stereocenters. The molecule has 3 aromatic rings. The van der Waals surface area contributed by atoms with Gasteiger partial charge in [-0.1, -0.05) is 16.8 Å². The van der Waals surface area contributed by atoms with E-state index in [1.165, 1.54) is 12.1 Å². The van der Waals surface area contributed by atoms with E-state index in [1.54, 1.807) is 25.1 Å². The summed E-state index contributed by atoms with van der Waals surface area (Å²) in [6.07, 6.45) is 0.0339. The minimum Gasteiger partial charge on any atom is -0.489 e. The normalized spacial score (nSPS) is 11.1. The highest BCUT2D eigenvalue weighted by atomic mass is 35.5. The van der Waals surface area contributed by atoms with E-state index in [0.29, 0.717) is 33.6 Å². The first-order chi connectivity index (χ1) is 11.4. The molecular weight excluding hydrogens is 331 g/mol. The van der Waals surface area contributed by atoms with Crippen LogP contribution in [0.1, 0.15) is 19.4 Å². The zero-order valence-corrected chi connectivity index (χ0v) is 14.3. The number of benzene rings is 2. The second kappa shape index (κ2) is 6.61. The van der Waals surface area contributed by atoms with Crippen LogP contribution in [0.5, 0.6) is 5.75 Å². The van der Waals surface area contributed by atoms with Crippen molar-refractivity contribution < 1.29 is 13.7 Å². The van der Waals surface area contributed by atoms with Gasteiger partial charge in [0.25, 0.3) is 5.89 Å². The van der Waals surface area contributed by atoms with Gasteiger partial charge in [0.1, 0.15) is 11.6 Å². The SMILES string of the molecule is Cc1cc(F)ccc1-c1nc(-c2ccc(OC(C)C)c(Cl)c2)no1. The zero-order chi connectivity index (χ0) is 17.3. The van der Waals surface area contributed by atoms with Crippen LogP contribution in [0.4, 0.5) is 4.39 Å². The second-order valence-electron chi connectivity index (χ2n) is 5.69. The third kappa shape index (κ3) is 3.41. The van der Waals surface area contributed by atoms with Crippen molar-refractivity contribution in [2.24, 2.45) is 0 Å². The maximum absolute atomic E-state index is 13.2. The molecule has 0 fully saturated rings. The Balaban J connectivity index is 1.92. The molecule has 0 amide bonds. The van der Waals surface area contributed by atoms with Crippen molar-refractivity contribution in [3.63, 3.8) is 0 Å². The van der Waals surface area contributed by atoms with Gasteiger partial charge >= 0.3 is 0 Å².